The van der Waals surface area contributed by atoms with Crippen LogP contribution in [0.15, 0.2) is 78.4 Å². The zero-order valence-corrected chi connectivity index (χ0v) is 13.3. The van der Waals surface area contributed by atoms with E-state index in [-0.39, 0.29) is 5.91 Å². The summed E-state index contributed by atoms with van der Waals surface area (Å²) in [7, 11) is 0. The molecule has 6 nitrogen and oxygen atoms in total. The first-order chi connectivity index (χ1) is 12.3. The maximum atomic E-state index is 13.0. The van der Waals surface area contributed by atoms with Gasteiger partial charge in [0.1, 0.15) is 0 Å². The lowest BCUT2D eigenvalue weighted by Gasteiger charge is -2.34. The topological polar surface area (TPSA) is 70.5 Å². The monoisotopic (exact) mass is 329 g/mol. The number of benzene rings is 1. The van der Waals surface area contributed by atoms with Crippen LogP contribution in [-0.2, 0) is 0 Å². The lowest BCUT2D eigenvalue weighted by atomic mass is 10.1. The number of carbonyl (C=O) groups is 1. The molecule has 3 heterocycles. The van der Waals surface area contributed by atoms with Gasteiger partial charge in [0.25, 0.3) is 5.91 Å². The number of carbonyl (C=O) groups excluding carboxylic acids is 1. The summed E-state index contributed by atoms with van der Waals surface area (Å²) in [6.45, 7) is 0. The molecule has 1 unspecified atom stereocenters. The number of pyridine rings is 2. The van der Waals surface area contributed by atoms with Gasteiger partial charge in [0.15, 0.2) is 6.17 Å². The average molecular weight is 329 g/mol. The van der Waals surface area contributed by atoms with Crippen LogP contribution in [0.5, 0.6) is 0 Å². The highest BCUT2D eigenvalue weighted by Crippen LogP contribution is 2.32. The Morgan fingerprint density at radius 2 is 1.80 bits per heavy atom. The molecule has 2 aromatic heterocycles. The number of amides is 1. The van der Waals surface area contributed by atoms with Crippen LogP contribution < -0.4 is 5.32 Å². The highest BCUT2D eigenvalue weighted by Gasteiger charge is 2.32. The van der Waals surface area contributed by atoms with Crippen molar-refractivity contribution in [2.75, 3.05) is 5.32 Å². The highest BCUT2D eigenvalue weighted by atomic mass is 16.2. The minimum Gasteiger partial charge on any atom is -0.359 e. The van der Waals surface area contributed by atoms with Gasteiger partial charge in [0.2, 0.25) is 0 Å². The maximum Gasteiger partial charge on any atom is 0.278 e. The number of hydrazone groups is 1. The summed E-state index contributed by atoms with van der Waals surface area (Å²) in [6.07, 6.45) is 8.02. The number of para-hydroxylation sites is 1. The van der Waals surface area contributed by atoms with E-state index in [0.29, 0.717) is 5.56 Å². The minimum absolute atomic E-state index is 0.164. The summed E-state index contributed by atoms with van der Waals surface area (Å²) in [5.41, 5.74) is 3.05. The van der Waals surface area contributed by atoms with Crippen molar-refractivity contribution >= 4 is 17.8 Å². The highest BCUT2D eigenvalue weighted by molar-refractivity contribution is 6.02. The smallest absolute Gasteiger partial charge is 0.278 e. The lowest BCUT2D eigenvalue weighted by Crippen LogP contribution is -2.39. The normalized spacial score (nSPS) is 16.6. The van der Waals surface area contributed by atoms with Crippen molar-refractivity contribution in [2.24, 2.45) is 5.10 Å². The quantitative estimate of drug-likeness (QED) is 0.750. The van der Waals surface area contributed by atoms with E-state index in [9.17, 15) is 4.79 Å². The predicted octanol–water partition coefficient (Wildman–Crippen LogP) is 3.08. The molecule has 122 valence electrons. The van der Waals surface area contributed by atoms with Crippen LogP contribution in [0.1, 0.15) is 27.7 Å². The molecule has 1 N–H and O–H groups in total. The van der Waals surface area contributed by atoms with Gasteiger partial charge in [0, 0.05) is 41.6 Å². The molecule has 25 heavy (non-hydrogen) atoms. The van der Waals surface area contributed by atoms with Gasteiger partial charge < -0.3 is 5.32 Å². The van der Waals surface area contributed by atoms with Crippen molar-refractivity contribution in [1.82, 2.24) is 15.0 Å². The Labute approximate surface area is 144 Å². The van der Waals surface area contributed by atoms with Gasteiger partial charge in [-0.25, -0.2) is 5.01 Å². The molecule has 6 heteroatoms. The van der Waals surface area contributed by atoms with Gasteiger partial charge in [-0.2, -0.15) is 5.10 Å². The molecule has 0 spiro atoms. The maximum absolute atomic E-state index is 13.0. The standard InChI is InChI=1S/C19H15N5O/c25-19-16-7-1-2-8-17(16)23-18(15-6-4-10-21-13-15)24(19)22-12-14-5-3-9-20-11-14/h1-13,18,23H/b22-12+. The largest absolute Gasteiger partial charge is 0.359 e. The Balaban J connectivity index is 1.75. The third-order valence-electron chi connectivity index (χ3n) is 3.92. The third kappa shape index (κ3) is 2.97. The van der Waals surface area contributed by atoms with E-state index in [1.807, 2.05) is 42.5 Å². The molecule has 1 aromatic carbocycles. The van der Waals surface area contributed by atoms with E-state index < -0.39 is 6.17 Å². The molecule has 0 radical (unpaired) electrons. The summed E-state index contributed by atoms with van der Waals surface area (Å²) in [6, 6.07) is 14.9. The molecule has 4 rings (SSSR count). The van der Waals surface area contributed by atoms with Crippen molar-refractivity contribution in [3.8, 4) is 0 Å². The second kappa shape index (κ2) is 6.52. The number of hydrogen-bond donors (Lipinski definition) is 1. The van der Waals surface area contributed by atoms with Gasteiger partial charge in [0.05, 0.1) is 11.8 Å². The van der Waals surface area contributed by atoms with Gasteiger partial charge in [-0.15, -0.1) is 0 Å². The molecule has 0 bridgehead atoms. The number of anilines is 1. The van der Waals surface area contributed by atoms with Crippen molar-refractivity contribution < 1.29 is 4.79 Å². The fourth-order valence-corrected chi connectivity index (χ4v) is 2.71. The third-order valence-corrected chi connectivity index (χ3v) is 3.92. The van der Waals surface area contributed by atoms with Crippen LogP contribution in [0, 0.1) is 0 Å². The fraction of sp³-hybridized carbons (Fsp3) is 0.0526. The van der Waals surface area contributed by atoms with Gasteiger partial charge >= 0.3 is 0 Å². The number of nitrogens with zero attached hydrogens (tertiary/aromatic N) is 4. The van der Waals surface area contributed by atoms with Crippen molar-refractivity contribution in [1.29, 1.82) is 0 Å². The fourth-order valence-electron chi connectivity index (χ4n) is 2.71. The zero-order valence-electron chi connectivity index (χ0n) is 13.3. The van der Waals surface area contributed by atoms with E-state index >= 15 is 0 Å². The molecule has 0 fully saturated rings. The molecule has 0 saturated heterocycles. The Hall–Kier alpha value is -3.54. The number of rotatable bonds is 3. The molecule has 1 amide bonds. The Morgan fingerprint density at radius 3 is 2.56 bits per heavy atom. The number of aromatic nitrogens is 2. The van der Waals surface area contributed by atoms with E-state index in [1.165, 1.54) is 5.01 Å². The zero-order chi connectivity index (χ0) is 17.1. The Kier molecular flexibility index (Phi) is 3.92. The second-order valence-electron chi connectivity index (χ2n) is 5.56. The van der Waals surface area contributed by atoms with E-state index in [1.54, 1.807) is 37.1 Å². The molecule has 1 aliphatic rings. The summed E-state index contributed by atoms with van der Waals surface area (Å²) >= 11 is 0. The van der Waals surface area contributed by atoms with Crippen LogP contribution >= 0.6 is 0 Å². The van der Waals surface area contributed by atoms with Crippen molar-refractivity contribution in [3.05, 3.63) is 90.0 Å². The van der Waals surface area contributed by atoms with Crippen LogP contribution in [0.3, 0.4) is 0 Å². The summed E-state index contributed by atoms with van der Waals surface area (Å²) in [5, 5.41) is 9.22. The second-order valence-corrected chi connectivity index (χ2v) is 5.56. The number of nitrogens with one attached hydrogen (secondary N) is 1. The van der Waals surface area contributed by atoms with Gasteiger partial charge in [-0.3, -0.25) is 14.8 Å². The molecular weight excluding hydrogens is 314 g/mol. The SMILES string of the molecule is O=C1c2ccccc2NC(c2cccnc2)N1/N=C/c1cccnc1. The number of fused-ring (bicyclic) bond motifs is 1. The van der Waals surface area contributed by atoms with E-state index in [4.69, 9.17) is 0 Å². The molecule has 1 atom stereocenters. The minimum atomic E-state index is -0.427. The Morgan fingerprint density at radius 1 is 1.00 bits per heavy atom. The van der Waals surface area contributed by atoms with E-state index in [0.717, 1.165) is 16.8 Å². The van der Waals surface area contributed by atoms with E-state index in [2.05, 4.69) is 20.4 Å². The van der Waals surface area contributed by atoms with Crippen LogP contribution in [0.2, 0.25) is 0 Å². The number of hydrogen-bond acceptors (Lipinski definition) is 5. The first-order valence-electron chi connectivity index (χ1n) is 7.86. The average Bonchev–Trinajstić information content (AvgIpc) is 2.69. The summed E-state index contributed by atoms with van der Waals surface area (Å²) in [5.74, 6) is -0.164. The van der Waals surface area contributed by atoms with Crippen molar-refractivity contribution in [2.45, 2.75) is 6.17 Å². The van der Waals surface area contributed by atoms with Crippen molar-refractivity contribution in [3.63, 3.8) is 0 Å². The molecular formula is C19H15N5O. The molecule has 1 aliphatic heterocycles. The van der Waals surface area contributed by atoms with Crippen LogP contribution in [0.4, 0.5) is 5.69 Å². The summed E-state index contributed by atoms with van der Waals surface area (Å²) in [4.78, 5) is 21.2. The Bertz CT molecular complexity index is 911. The first-order valence-corrected chi connectivity index (χ1v) is 7.86. The van der Waals surface area contributed by atoms with Gasteiger partial charge in [-0.1, -0.05) is 24.3 Å². The first kappa shape index (κ1) is 15.0. The lowest BCUT2D eigenvalue weighted by molar-refractivity contribution is 0.0691. The predicted molar refractivity (Wildman–Crippen MR) is 95.0 cm³/mol. The van der Waals surface area contributed by atoms with Gasteiger partial charge in [-0.05, 0) is 24.3 Å². The van der Waals surface area contributed by atoms with Crippen LogP contribution in [-0.4, -0.2) is 27.1 Å². The molecule has 0 aliphatic carbocycles. The summed E-state index contributed by atoms with van der Waals surface area (Å²) < 4.78 is 0. The van der Waals surface area contributed by atoms with Crippen LogP contribution in [0.25, 0.3) is 0 Å². The molecule has 3 aromatic rings. The molecule has 0 saturated carbocycles.